The zero-order valence-corrected chi connectivity index (χ0v) is 9.42. The maximum absolute atomic E-state index is 5.82. The van der Waals surface area contributed by atoms with Gasteiger partial charge >= 0.3 is 0 Å². The molecular formula is C12H25N. The highest BCUT2D eigenvalue weighted by atomic mass is 14.6. The van der Waals surface area contributed by atoms with Gasteiger partial charge in [-0.3, -0.25) is 0 Å². The topological polar surface area (TPSA) is 26.0 Å². The number of hydrogen-bond acceptors (Lipinski definition) is 1. The third-order valence-electron chi connectivity index (χ3n) is 4.04. The van der Waals surface area contributed by atoms with Crippen LogP contribution in [0.5, 0.6) is 0 Å². The second kappa shape index (κ2) is 4.99. The van der Waals surface area contributed by atoms with Crippen LogP contribution in [0.15, 0.2) is 0 Å². The van der Waals surface area contributed by atoms with Gasteiger partial charge in [-0.2, -0.15) is 0 Å². The van der Waals surface area contributed by atoms with Gasteiger partial charge in [-0.25, -0.2) is 0 Å². The standard InChI is InChI=1S/C12H25N/c1-4-7-11-9(5-2)12(8-13)10(11)6-3/h9-12H,4-8,13H2,1-3H3. The summed E-state index contributed by atoms with van der Waals surface area (Å²) in [6, 6.07) is 0. The molecule has 1 rings (SSSR count). The van der Waals surface area contributed by atoms with Crippen LogP contribution in [0.4, 0.5) is 0 Å². The van der Waals surface area contributed by atoms with E-state index in [2.05, 4.69) is 20.8 Å². The van der Waals surface area contributed by atoms with E-state index in [9.17, 15) is 0 Å². The van der Waals surface area contributed by atoms with Crippen molar-refractivity contribution in [1.29, 1.82) is 0 Å². The SMILES string of the molecule is CCCC1C(CC)C(CN)C1CC. The molecule has 2 unspecified atom stereocenters. The molecule has 2 N–H and O–H groups in total. The van der Waals surface area contributed by atoms with Crippen molar-refractivity contribution in [3.63, 3.8) is 0 Å². The second-order valence-corrected chi connectivity index (χ2v) is 4.50. The molecule has 1 heteroatoms. The Morgan fingerprint density at radius 2 is 1.38 bits per heavy atom. The zero-order valence-electron chi connectivity index (χ0n) is 9.42. The highest BCUT2D eigenvalue weighted by Crippen LogP contribution is 2.51. The fourth-order valence-corrected chi connectivity index (χ4v) is 3.45. The number of hydrogen-bond donors (Lipinski definition) is 1. The van der Waals surface area contributed by atoms with Gasteiger partial charge in [0.25, 0.3) is 0 Å². The van der Waals surface area contributed by atoms with Crippen molar-refractivity contribution in [3.05, 3.63) is 0 Å². The second-order valence-electron chi connectivity index (χ2n) is 4.50. The molecule has 1 aliphatic rings. The summed E-state index contributed by atoms with van der Waals surface area (Å²) in [5, 5.41) is 0. The summed E-state index contributed by atoms with van der Waals surface area (Å²) in [5.41, 5.74) is 5.82. The smallest absolute Gasteiger partial charge is 0.00434 e. The van der Waals surface area contributed by atoms with Gasteiger partial charge in [-0.1, -0.05) is 46.5 Å². The molecule has 0 amide bonds. The van der Waals surface area contributed by atoms with Crippen LogP contribution < -0.4 is 5.73 Å². The Morgan fingerprint density at radius 3 is 1.69 bits per heavy atom. The Morgan fingerprint density at radius 1 is 0.846 bits per heavy atom. The molecule has 0 saturated heterocycles. The molecule has 13 heavy (non-hydrogen) atoms. The monoisotopic (exact) mass is 183 g/mol. The van der Waals surface area contributed by atoms with Gasteiger partial charge in [0.15, 0.2) is 0 Å². The largest absolute Gasteiger partial charge is 0.330 e. The molecule has 0 radical (unpaired) electrons. The Balaban J connectivity index is 2.51. The molecule has 78 valence electrons. The average Bonchev–Trinajstić information content (AvgIpc) is 2.13. The third-order valence-corrected chi connectivity index (χ3v) is 4.04. The van der Waals surface area contributed by atoms with Gasteiger partial charge in [0.05, 0.1) is 0 Å². The summed E-state index contributed by atoms with van der Waals surface area (Å²) < 4.78 is 0. The van der Waals surface area contributed by atoms with Crippen LogP contribution in [0.3, 0.4) is 0 Å². The first-order chi connectivity index (χ1) is 6.29. The lowest BCUT2D eigenvalue weighted by molar-refractivity contribution is -0.0274. The highest BCUT2D eigenvalue weighted by Gasteiger charge is 2.45. The zero-order chi connectivity index (χ0) is 9.84. The van der Waals surface area contributed by atoms with E-state index >= 15 is 0 Å². The van der Waals surface area contributed by atoms with E-state index in [1.807, 2.05) is 0 Å². The van der Waals surface area contributed by atoms with E-state index < -0.39 is 0 Å². The molecule has 0 aromatic heterocycles. The van der Waals surface area contributed by atoms with Crippen LogP contribution >= 0.6 is 0 Å². The van der Waals surface area contributed by atoms with E-state index in [0.717, 1.165) is 30.2 Å². The fraction of sp³-hybridized carbons (Fsp3) is 1.00. The number of rotatable bonds is 5. The minimum Gasteiger partial charge on any atom is -0.330 e. The highest BCUT2D eigenvalue weighted by molar-refractivity contribution is 4.95. The summed E-state index contributed by atoms with van der Waals surface area (Å²) >= 11 is 0. The predicted molar refractivity (Wildman–Crippen MR) is 58.5 cm³/mol. The van der Waals surface area contributed by atoms with Crippen molar-refractivity contribution in [2.75, 3.05) is 6.54 Å². The van der Waals surface area contributed by atoms with Crippen molar-refractivity contribution in [1.82, 2.24) is 0 Å². The molecule has 2 atom stereocenters. The van der Waals surface area contributed by atoms with E-state index in [1.54, 1.807) is 0 Å². The van der Waals surface area contributed by atoms with E-state index in [4.69, 9.17) is 5.73 Å². The van der Waals surface area contributed by atoms with Crippen LogP contribution in [0.1, 0.15) is 46.5 Å². The molecular weight excluding hydrogens is 158 g/mol. The summed E-state index contributed by atoms with van der Waals surface area (Å²) in [6.45, 7) is 7.86. The molecule has 0 heterocycles. The Kier molecular flexibility index (Phi) is 4.24. The maximum Gasteiger partial charge on any atom is -0.00434 e. The van der Waals surface area contributed by atoms with E-state index in [0.29, 0.717) is 0 Å². The van der Waals surface area contributed by atoms with E-state index in [1.165, 1.54) is 25.7 Å². The van der Waals surface area contributed by atoms with Crippen molar-refractivity contribution >= 4 is 0 Å². The Hall–Kier alpha value is -0.0400. The minimum atomic E-state index is 0.839. The van der Waals surface area contributed by atoms with Gasteiger partial charge in [0.2, 0.25) is 0 Å². The van der Waals surface area contributed by atoms with Crippen LogP contribution in [0.25, 0.3) is 0 Å². The lowest BCUT2D eigenvalue weighted by Crippen LogP contribution is -2.49. The molecule has 0 aromatic carbocycles. The van der Waals surface area contributed by atoms with Crippen LogP contribution in [0, 0.1) is 23.7 Å². The maximum atomic E-state index is 5.82. The molecule has 1 aliphatic carbocycles. The summed E-state index contributed by atoms with van der Waals surface area (Å²) in [6.07, 6.45) is 5.44. The van der Waals surface area contributed by atoms with Gasteiger partial charge in [-0.15, -0.1) is 0 Å². The molecule has 1 fully saturated rings. The molecule has 0 aliphatic heterocycles. The van der Waals surface area contributed by atoms with Gasteiger partial charge in [0.1, 0.15) is 0 Å². The van der Waals surface area contributed by atoms with Crippen molar-refractivity contribution in [2.24, 2.45) is 29.4 Å². The first-order valence-corrected chi connectivity index (χ1v) is 6.00. The number of nitrogens with two attached hydrogens (primary N) is 1. The molecule has 0 bridgehead atoms. The third kappa shape index (κ3) is 1.90. The normalized spacial score (nSPS) is 38.8. The lowest BCUT2D eigenvalue weighted by Gasteiger charge is -2.52. The van der Waals surface area contributed by atoms with Crippen LogP contribution in [-0.2, 0) is 0 Å². The van der Waals surface area contributed by atoms with Gasteiger partial charge in [-0.05, 0) is 30.2 Å². The van der Waals surface area contributed by atoms with Crippen LogP contribution in [-0.4, -0.2) is 6.54 Å². The van der Waals surface area contributed by atoms with Crippen LogP contribution in [0.2, 0.25) is 0 Å². The summed E-state index contributed by atoms with van der Waals surface area (Å²) in [5.74, 6) is 3.71. The Labute approximate surface area is 83.1 Å². The fourth-order valence-electron chi connectivity index (χ4n) is 3.45. The van der Waals surface area contributed by atoms with Crippen molar-refractivity contribution < 1.29 is 0 Å². The molecule has 1 nitrogen and oxygen atoms in total. The first-order valence-electron chi connectivity index (χ1n) is 6.00. The summed E-state index contributed by atoms with van der Waals surface area (Å²) in [7, 11) is 0. The molecule has 1 saturated carbocycles. The minimum absolute atomic E-state index is 0.839. The summed E-state index contributed by atoms with van der Waals surface area (Å²) in [4.78, 5) is 0. The lowest BCUT2D eigenvalue weighted by atomic mass is 9.53. The quantitative estimate of drug-likeness (QED) is 0.696. The molecule has 0 aromatic rings. The van der Waals surface area contributed by atoms with E-state index in [-0.39, 0.29) is 0 Å². The van der Waals surface area contributed by atoms with Gasteiger partial charge < -0.3 is 5.73 Å². The first kappa shape index (κ1) is 11.0. The predicted octanol–water partition coefficient (Wildman–Crippen LogP) is 3.04. The molecule has 0 spiro atoms. The van der Waals surface area contributed by atoms with Crippen molar-refractivity contribution in [2.45, 2.75) is 46.5 Å². The van der Waals surface area contributed by atoms with Crippen molar-refractivity contribution in [3.8, 4) is 0 Å². The average molecular weight is 183 g/mol. The van der Waals surface area contributed by atoms with Gasteiger partial charge in [0, 0.05) is 0 Å². The Bertz CT molecular complexity index is 132.